The molecule has 174 valence electrons. The molecule has 1 aliphatic carbocycles. The lowest BCUT2D eigenvalue weighted by atomic mass is 9.82. The summed E-state index contributed by atoms with van der Waals surface area (Å²) in [6.45, 7) is 18.1. The lowest BCUT2D eigenvalue weighted by molar-refractivity contribution is -0.163. The normalized spacial score (nSPS) is 19.3. The van der Waals surface area contributed by atoms with E-state index in [1.807, 2.05) is 20.8 Å². The van der Waals surface area contributed by atoms with Gasteiger partial charge in [0.15, 0.2) is 5.60 Å². The van der Waals surface area contributed by atoms with Gasteiger partial charge in [-0.1, -0.05) is 51.7 Å². The SMILES string of the molecule is C=C/C=C(\C=C)c1nc(COCC2CCCC(COC(C)(C)C(=O)O)C2)c(C)o1.CC. The summed E-state index contributed by atoms with van der Waals surface area (Å²) in [6, 6.07) is 0. The van der Waals surface area contributed by atoms with Gasteiger partial charge in [-0.3, -0.25) is 0 Å². The predicted octanol–water partition coefficient (Wildman–Crippen LogP) is 5.97. The third kappa shape index (κ3) is 8.46. The molecule has 2 rings (SSSR count). The molecule has 1 heterocycles. The predicted molar refractivity (Wildman–Crippen MR) is 124 cm³/mol. The minimum absolute atomic E-state index is 0.371. The maximum atomic E-state index is 11.2. The first-order valence-corrected chi connectivity index (χ1v) is 11.1. The van der Waals surface area contributed by atoms with Crippen LogP contribution in [0.2, 0.25) is 0 Å². The molecule has 0 bridgehead atoms. The van der Waals surface area contributed by atoms with Gasteiger partial charge in [-0.25, -0.2) is 9.78 Å². The highest BCUT2D eigenvalue weighted by Gasteiger charge is 2.30. The zero-order valence-corrected chi connectivity index (χ0v) is 19.8. The molecule has 1 saturated carbocycles. The summed E-state index contributed by atoms with van der Waals surface area (Å²) in [5.74, 6) is 1.14. The number of ether oxygens (including phenoxy) is 2. The second-order valence-corrected chi connectivity index (χ2v) is 8.12. The van der Waals surface area contributed by atoms with Crippen LogP contribution in [0.25, 0.3) is 5.57 Å². The first-order valence-electron chi connectivity index (χ1n) is 11.1. The molecule has 1 aromatic rings. The molecule has 0 amide bonds. The van der Waals surface area contributed by atoms with Gasteiger partial charge in [0, 0.05) is 12.2 Å². The Hall–Kier alpha value is -2.18. The van der Waals surface area contributed by atoms with Gasteiger partial charge >= 0.3 is 5.97 Å². The molecule has 1 aliphatic rings. The van der Waals surface area contributed by atoms with Gasteiger partial charge in [-0.2, -0.15) is 0 Å². The molecule has 0 saturated heterocycles. The van der Waals surface area contributed by atoms with E-state index in [1.165, 1.54) is 0 Å². The fraction of sp³-hybridized carbons (Fsp3) is 0.600. The molecule has 1 fully saturated rings. The third-order valence-corrected chi connectivity index (χ3v) is 5.34. The number of oxazole rings is 1. The molecule has 0 radical (unpaired) electrons. The first-order chi connectivity index (χ1) is 14.8. The van der Waals surface area contributed by atoms with E-state index in [-0.39, 0.29) is 0 Å². The van der Waals surface area contributed by atoms with Crippen molar-refractivity contribution in [2.45, 2.75) is 72.5 Å². The van der Waals surface area contributed by atoms with E-state index in [1.54, 1.807) is 32.1 Å². The van der Waals surface area contributed by atoms with Crippen LogP contribution in [0.4, 0.5) is 0 Å². The van der Waals surface area contributed by atoms with E-state index in [0.717, 1.165) is 42.7 Å². The monoisotopic (exact) mass is 433 g/mol. The average molecular weight is 434 g/mol. The van der Waals surface area contributed by atoms with Crippen molar-refractivity contribution in [1.82, 2.24) is 4.98 Å². The van der Waals surface area contributed by atoms with Crippen molar-refractivity contribution < 1.29 is 23.8 Å². The summed E-state index contributed by atoms with van der Waals surface area (Å²) in [6.07, 6.45) is 9.45. The Morgan fingerprint density at radius 1 is 1.26 bits per heavy atom. The van der Waals surface area contributed by atoms with Gasteiger partial charge in [0.05, 0.1) is 13.2 Å². The molecule has 2 atom stereocenters. The molecule has 0 aromatic carbocycles. The molecule has 0 aliphatic heterocycles. The van der Waals surface area contributed by atoms with E-state index in [2.05, 4.69) is 18.1 Å². The number of aliphatic carboxylic acids is 1. The Morgan fingerprint density at radius 2 is 1.90 bits per heavy atom. The summed E-state index contributed by atoms with van der Waals surface area (Å²) in [5, 5.41) is 9.18. The molecular formula is C25H39NO5. The Balaban J connectivity index is 0.00000233. The number of hydrogen-bond donors (Lipinski definition) is 1. The van der Waals surface area contributed by atoms with E-state index in [0.29, 0.717) is 37.5 Å². The fourth-order valence-electron chi connectivity index (χ4n) is 3.45. The number of aromatic nitrogens is 1. The van der Waals surface area contributed by atoms with Crippen molar-refractivity contribution in [2.75, 3.05) is 13.2 Å². The maximum Gasteiger partial charge on any atom is 0.335 e. The molecule has 6 nitrogen and oxygen atoms in total. The second kappa shape index (κ2) is 13.3. The second-order valence-electron chi connectivity index (χ2n) is 8.12. The topological polar surface area (TPSA) is 81.8 Å². The lowest BCUT2D eigenvalue weighted by Gasteiger charge is -2.31. The lowest BCUT2D eigenvalue weighted by Crippen LogP contribution is -2.37. The number of allylic oxidation sites excluding steroid dienone is 4. The number of carbonyl (C=O) groups is 1. The van der Waals surface area contributed by atoms with Crippen LogP contribution in [0.1, 0.15) is 70.7 Å². The van der Waals surface area contributed by atoms with Crippen molar-refractivity contribution >= 4 is 11.5 Å². The van der Waals surface area contributed by atoms with E-state index in [4.69, 9.17) is 13.9 Å². The van der Waals surface area contributed by atoms with Gasteiger partial charge in [-0.05, 0) is 51.9 Å². The average Bonchev–Trinajstić information content (AvgIpc) is 3.12. The molecular weight excluding hydrogens is 394 g/mol. The quantitative estimate of drug-likeness (QED) is 0.433. The Labute approximate surface area is 187 Å². The van der Waals surface area contributed by atoms with E-state index in [9.17, 15) is 9.90 Å². The van der Waals surface area contributed by atoms with Crippen LogP contribution in [0, 0.1) is 18.8 Å². The van der Waals surface area contributed by atoms with Gasteiger partial charge in [0.25, 0.3) is 0 Å². The number of carboxylic acid groups (broad SMARTS) is 1. The fourth-order valence-corrected chi connectivity index (χ4v) is 3.45. The maximum absolute atomic E-state index is 11.2. The smallest absolute Gasteiger partial charge is 0.335 e. The summed E-state index contributed by atoms with van der Waals surface area (Å²) in [5.41, 5.74) is 0.431. The Bertz CT molecular complexity index is 747. The van der Waals surface area contributed by atoms with Gasteiger partial charge in [0.2, 0.25) is 5.89 Å². The summed E-state index contributed by atoms with van der Waals surface area (Å²) >= 11 is 0. The van der Waals surface area contributed by atoms with Gasteiger partial charge in [-0.15, -0.1) is 0 Å². The van der Waals surface area contributed by atoms with Crippen LogP contribution in [0.3, 0.4) is 0 Å². The molecule has 6 heteroatoms. The minimum Gasteiger partial charge on any atom is -0.479 e. The molecule has 1 N–H and O–H groups in total. The number of carboxylic acids is 1. The highest BCUT2D eigenvalue weighted by atomic mass is 16.5. The molecule has 31 heavy (non-hydrogen) atoms. The van der Waals surface area contributed by atoms with Crippen molar-refractivity contribution in [3.63, 3.8) is 0 Å². The third-order valence-electron chi connectivity index (χ3n) is 5.34. The van der Waals surface area contributed by atoms with Crippen LogP contribution in [-0.2, 0) is 20.9 Å². The van der Waals surface area contributed by atoms with Crippen LogP contribution >= 0.6 is 0 Å². The van der Waals surface area contributed by atoms with E-state index < -0.39 is 11.6 Å². The molecule has 2 unspecified atom stereocenters. The summed E-state index contributed by atoms with van der Waals surface area (Å²) < 4.78 is 17.3. The van der Waals surface area contributed by atoms with Crippen molar-refractivity contribution in [1.29, 1.82) is 0 Å². The number of nitrogens with zero attached hydrogens (tertiary/aromatic N) is 1. The number of rotatable bonds is 11. The first kappa shape index (κ1) is 26.9. The minimum atomic E-state index is -1.14. The standard InChI is InChI=1S/C23H33NO5.C2H6/c1-6-9-19(7-2)21-24-20(16(3)29-21)15-27-13-17-10-8-11-18(12-17)14-28-23(4,5)22(25)26;1-2/h6-7,9,17-18H,1-2,8,10-15H2,3-5H3,(H,25,26);1-2H3/b19-9+;. The van der Waals surface area contributed by atoms with Crippen LogP contribution in [0.5, 0.6) is 0 Å². The van der Waals surface area contributed by atoms with Crippen molar-refractivity contribution in [3.05, 3.63) is 48.7 Å². The van der Waals surface area contributed by atoms with Crippen molar-refractivity contribution in [2.24, 2.45) is 11.8 Å². The summed E-state index contributed by atoms with van der Waals surface area (Å²) in [4.78, 5) is 15.7. The zero-order chi connectivity index (χ0) is 23.4. The largest absolute Gasteiger partial charge is 0.479 e. The summed E-state index contributed by atoms with van der Waals surface area (Å²) in [7, 11) is 0. The molecule has 0 spiro atoms. The zero-order valence-electron chi connectivity index (χ0n) is 19.8. The Morgan fingerprint density at radius 3 is 2.48 bits per heavy atom. The van der Waals surface area contributed by atoms with Crippen molar-refractivity contribution in [3.8, 4) is 0 Å². The van der Waals surface area contributed by atoms with Gasteiger partial charge in [0.1, 0.15) is 11.5 Å². The van der Waals surface area contributed by atoms with E-state index >= 15 is 0 Å². The highest BCUT2D eigenvalue weighted by molar-refractivity contribution is 5.76. The van der Waals surface area contributed by atoms with Crippen LogP contribution in [-0.4, -0.2) is 34.9 Å². The number of aryl methyl sites for hydroxylation is 1. The number of hydrogen-bond acceptors (Lipinski definition) is 5. The van der Waals surface area contributed by atoms with Crippen LogP contribution < -0.4 is 0 Å². The highest BCUT2D eigenvalue weighted by Crippen LogP contribution is 2.31. The van der Waals surface area contributed by atoms with Gasteiger partial charge < -0.3 is 19.0 Å². The Kier molecular flexibility index (Phi) is 11.5. The molecule has 1 aromatic heterocycles. The van der Waals surface area contributed by atoms with Crippen LogP contribution in [0.15, 0.2) is 35.8 Å².